The summed E-state index contributed by atoms with van der Waals surface area (Å²) in [6.07, 6.45) is 0. The first-order chi connectivity index (χ1) is 16.8. The van der Waals surface area contributed by atoms with E-state index in [0.717, 1.165) is 27.5 Å². The Bertz CT molecular complexity index is 1500. The Hall–Kier alpha value is -4.38. The van der Waals surface area contributed by atoms with Crippen LogP contribution in [0.15, 0.2) is 90.5 Å². The van der Waals surface area contributed by atoms with Crippen LogP contribution in [0.1, 0.15) is 33.9 Å². The highest BCUT2D eigenvalue weighted by Crippen LogP contribution is 2.41. The quantitative estimate of drug-likeness (QED) is 0.228. The van der Waals surface area contributed by atoms with Crippen LogP contribution in [0, 0.1) is 13.8 Å². The molecule has 0 aliphatic carbocycles. The fraction of sp³-hybridized carbons (Fsp3) is 0.133. The second-order valence-corrected chi connectivity index (χ2v) is 9.01. The van der Waals surface area contributed by atoms with Crippen molar-refractivity contribution in [2.45, 2.75) is 26.4 Å². The lowest BCUT2D eigenvalue weighted by Crippen LogP contribution is -2.29. The van der Waals surface area contributed by atoms with Gasteiger partial charge in [-0.2, -0.15) is 0 Å². The Morgan fingerprint density at radius 3 is 2.31 bits per heavy atom. The molecule has 35 heavy (non-hydrogen) atoms. The van der Waals surface area contributed by atoms with Gasteiger partial charge in [0, 0.05) is 12.1 Å². The zero-order valence-electron chi connectivity index (χ0n) is 19.5. The maximum absolute atomic E-state index is 13.3. The predicted octanol–water partition coefficient (Wildman–Crippen LogP) is 5.78. The topological polar surface area (TPSA) is 77.8 Å². The molecule has 5 rings (SSSR count). The third-order valence-corrected chi connectivity index (χ3v) is 6.62. The molecule has 5 nitrogen and oxygen atoms in total. The number of hydrogen-bond donors (Lipinski definition) is 2. The number of carbonyl (C=O) groups excluding carboxylic acids is 2. The number of phenols is 1. The van der Waals surface area contributed by atoms with Gasteiger partial charge < -0.3 is 15.1 Å². The number of aromatic hydroxyl groups is 1. The molecular formula is C30H25NO4. The first kappa shape index (κ1) is 22.4. The average molecular weight is 464 g/mol. The third kappa shape index (κ3) is 4.06. The Morgan fingerprint density at radius 2 is 1.57 bits per heavy atom. The number of phenolic OH excluding ortho intramolecular Hbond substituents is 1. The highest BCUT2D eigenvalue weighted by atomic mass is 16.3. The summed E-state index contributed by atoms with van der Waals surface area (Å²) in [7, 11) is 0. The minimum atomic E-state index is -0.790. The van der Waals surface area contributed by atoms with Gasteiger partial charge >= 0.3 is 0 Å². The van der Waals surface area contributed by atoms with Crippen LogP contribution in [0.2, 0.25) is 0 Å². The van der Waals surface area contributed by atoms with Crippen molar-refractivity contribution in [1.82, 2.24) is 4.90 Å². The second kappa shape index (κ2) is 8.76. The van der Waals surface area contributed by atoms with E-state index < -0.39 is 17.7 Å². The van der Waals surface area contributed by atoms with E-state index >= 15 is 0 Å². The van der Waals surface area contributed by atoms with Crippen LogP contribution in [-0.2, 0) is 16.1 Å². The molecule has 1 unspecified atom stereocenters. The number of carbonyl (C=O) groups is 2. The zero-order valence-corrected chi connectivity index (χ0v) is 19.5. The molecule has 0 saturated carbocycles. The summed E-state index contributed by atoms with van der Waals surface area (Å²) in [6, 6.07) is 24.8. The lowest BCUT2D eigenvalue weighted by molar-refractivity contribution is -0.140. The normalized spacial score (nSPS) is 17.3. The molecule has 1 heterocycles. The van der Waals surface area contributed by atoms with Crippen LogP contribution in [0.4, 0.5) is 0 Å². The standard InChI is InChI=1S/C30H25NO4/c1-18-7-8-19(2)24(15-18)17-31-27(21-11-13-25(32)14-12-21)26(29(34)30(31)35)28(33)23-10-9-20-5-3-4-6-22(20)16-23/h3-16,27,32-33H,17H2,1-2H3/b28-26-. The molecule has 1 fully saturated rings. The fourth-order valence-electron chi connectivity index (χ4n) is 4.69. The molecule has 1 amide bonds. The van der Waals surface area contributed by atoms with Crippen molar-refractivity contribution in [3.8, 4) is 5.75 Å². The number of rotatable bonds is 4. The lowest BCUT2D eigenvalue weighted by Gasteiger charge is -2.26. The van der Waals surface area contributed by atoms with Crippen molar-refractivity contribution in [2.24, 2.45) is 0 Å². The number of amides is 1. The van der Waals surface area contributed by atoms with Crippen molar-refractivity contribution < 1.29 is 19.8 Å². The number of nitrogens with zero attached hydrogens (tertiary/aromatic N) is 1. The number of aryl methyl sites for hydroxylation is 2. The maximum Gasteiger partial charge on any atom is 0.295 e. The zero-order chi connectivity index (χ0) is 24.7. The number of aliphatic hydroxyl groups is 1. The van der Waals surface area contributed by atoms with Crippen LogP contribution in [0.5, 0.6) is 5.75 Å². The van der Waals surface area contributed by atoms with Gasteiger partial charge in [0.1, 0.15) is 11.5 Å². The summed E-state index contributed by atoms with van der Waals surface area (Å²) in [4.78, 5) is 28.1. The van der Waals surface area contributed by atoms with Crippen molar-refractivity contribution in [3.05, 3.63) is 118 Å². The highest BCUT2D eigenvalue weighted by molar-refractivity contribution is 6.46. The van der Waals surface area contributed by atoms with E-state index in [-0.39, 0.29) is 23.6 Å². The minimum Gasteiger partial charge on any atom is -0.508 e. The molecule has 0 bridgehead atoms. The summed E-state index contributed by atoms with van der Waals surface area (Å²) in [5, 5.41) is 23.1. The van der Waals surface area contributed by atoms with Gasteiger partial charge in [0.05, 0.1) is 11.6 Å². The fourth-order valence-corrected chi connectivity index (χ4v) is 4.69. The number of Topliss-reactive ketones (excluding diaryl/α,β-unsaturated/α-hetero) is 1. The van der Waals surface area contributed by atoms with Gasteiger partial charge in [-0.25, -0.2) is 0 Å². The molecule has 1 aliphatic heterocycles. The van der Waals surface area contributed by atoms with Gasteiger partial charge in [-0.05, 0) is 59.5 Å². The number of hydrogen-bond acceptors (Lipinski definition) is 4. The van der Waals surface area contributed by atoms with Crippen LogP contribution >= 0.6 is 0 Å². The summed E-state index contributed by atoms with van der Waals surface area (Å²) < 4.78 is 0. The molecule has 0 radical (unpaired) electrons. The average Bonchev–Trinajstić information content (AvgIpc) is 3.11. The van der Waals surface area contributed by atoms with E-state index in [1.807, 2.05) is 68.4 Å². The number of ketones is 1. The highest BCUT2D eigenvalue weighted by Gasteiger charge is 2.46. The maximum atomic E-state index is 13.3. The van der Waals surface area contributed by atoms with Gasteiger partial charge in [-0.3, -0.25) is 9.59 Å². The Balaban J connectivity index is 1.67. The molecule has 174 valence electrons. The monoisotopic (exact) mass is 463 g/mol. The number of benzene rings is 4. The van der Waals surface area contributed by atoms with E-state index in [0.29, 0.717) is 11.1 Å². The Labute approximate surface area is 203 Å². The number of likely N-dealkylation sites (tertiary alicyclic amines) is 1. The number of fused-ring (bicyclic) bond motifs is 1. The van der Waals surface area contributed by atoms with E-state index in [1.54, 1.807) is 18.2 Å². The molecule has 0 aromatic heterocycles. The van der Waals surface area contributed by atoms with Crippen molar-refractivity contribution in [3.63, 3.8) is 0 Å². The minimum absolute atomic E-state index is 0.0428. The van der Waals surface area contributed by atoms with E-state index in [1.165, 1.54) is 17.0 Å². The first-order valence-electron chi connectivity index (χ1n) is 11.5. The van der Waals surface area contributed by atoms with Gasteiger partial charge in [0.25, 0.3) is 11.7 Å². The smallest absolute Gasteiger partial charge is 0.295 e. The molecule has 1 atom stereocenters. The van der Waals surface area contributed by atoms with Crippen LogP contribution in [-0.4, -0.2) is 26.8 Å². The van der Waals surface area contributed by atoms with Gasteiger partial charge in [0.2, 0.25) is 0 Å². The SMILES string of the molecule is Cc1ccc(C)c(CN2C(=O)C(=O)/C(=C(\O)c3ccc4ccccc4c3)C2c2ccc(O)cc2)c1. The molecular weight excluding hydrogens is 438 g/mol. The summed E-state index contributed by atoms with van der Waals surface area (Å²) >= 11 is 0. The predicted molar refractivity (Wildman–Crippen MR) is 136 cm³/mol. The summed E-state index contributed by atoms with van der Waals surface area (Å²) in [6.45, 7) is 4.17. The molecule has 4 aromatic rings. The van der Waals surface area contributed by atoms with Crippen LogP contribution in [0.25, 0.3) is 16.5 Å². The third-order valence-electron chi connectivity index (χ3n) is 6.62. The van der Waals surface area contributed by atoms with Crippen molar-refractivity contribution >= 4 is 28.2 Å². The van der Waals surface area contributed by atoms with E-state index in [9.17, 15) is 19.8 Å². The van der Waals surface area contributed by atoms with E-state index in [2.05, 4.69) is 0 Å². The first-order valence-corrected chi connectivity index (χ1v) is 11.5. The molecule has 2 N–H and O–H groups in total. The molecule has 5 heteroatoms. The van der Waals surface area contributed by atoms with Crippen molar-refractivity contribution in [1.29, 1.82) is 0 Å². The molecule has 1 saturated heterocycles. The summed E-state index contributed by atoms with van der Waals surface area (Å²) in [5.41, 5.74) is 4.14. The lowest BCUT2D eigenvalue weighted by atomic mass is 9.94. The van der Waals surface area contributed by atoms with Gasteiger partial charge in [-0.15, -0.1) is 0 Å². The molecule has 4 aromatic carbocycles. The van der Waals surface area contributed by atoms with Gasteiger partial charge in [-0.1, -0.05) is 72.3 Å². The summed E-state index contributed by atoms with van der Waals surface area (Å²) in [5.74, 6) is -1.52. The van der Waals surface area contributed by atoms with Crippen LogP contribution in [0.3, 0.4) is 0 Å². The van der Waals surface area contributed by atoms with Crippen LogP contribution < -0.4 is 0 Å². The Morgan fingerprint density at radius 1 is 0.857 bits per heavy atom. The second-order valence-electron chi connectivity index (χ2n) is 9.01. The van der Waals surface area contributed by atoms with E-state index in [4.69, 9.17) is 0 Å². The van der Waals surface area contributed by atoms with Crippen molar-refractivity contribution in [2.75, 3.05) is 0 Å². The molecule has 1 aliphatic rings. The largest absolute Gasteiger partial charge is 0.508 e. The Kier molecular flexibility index (Phi) is 5.61. The molecule has 0 spiro atoms. The number of aliphatic hydroxyl groups excluding tert-OH is 1. The van der Waals surface area contributed by atoms with Gasteiger partial charge in [0.15, 0.2) is 0 Å².